The molecule has 0 aliphatic carbocycles. The topological polar surface area (TPSA) is 207 Å². The van der Waals surface area contributed by atoms with Gasteiger partial charge in [-0.15, -0.1) is 0 Å². The summed E-state index contributed by atoms with van der Waals surface area (Å²) in [5.41, 5.74) is -3.17. The molecule has 1 aromatic heterocycles. The van der Waals surface area contributed by atoms with Crippen molar-refractivity contribution in [2.45, 2.75) is 112 Å². The molecule has 1 N–H and O–H groups in total. The van der Waals surface area contributed by atoms with Gasteiger partial charge in [0.2, 0.25) is 13.6 Å². The molecule has 0 saturated carbocycles. The average Bonchev–Trinajstić information content (AvgIpc) is 3.35. The number of carbonyl (C=O) groups is 2. The van der Waals surface area contributed by atoms with E-state index in [9.17, 15) is 23.7 Å². The van der Waals surface area contributed by atoms with Gasteiger partial charge in [0.05, 0.1) is 29.9 Å². The van der Waals surface area contributed by atoms with E-state index >= 15 is 0 Å². The number of hydrogen-bond donors (Lipinski definition) is 1. The molecule has 1 aromatic rings. The average molecular weight is 763 g/mol. The Balaban J connectivity index is 2.59. The van der Waals surface area contributed by atoms with Crippen molar-refractivity contribution >= 4 is 28.1 Å². The highest BCUT2D eigenvalue weighted by molar-refractivity contribution is 7.57. The predicted octanol–water partition coefficient (Wildman–Crippen LogP) is 4.94. The van der Waals surface area contributed by atoms with Gasteiger partial charge < -0.3 is 28.0 Å². The lowest BCUT2D eigenvalue weighted by atomic mass is 9.98. The predicted molar refractivity (Wildman–Crippen MR) is 186 cm³/mol. The first-order chi connectivity index (χ1) is 23.6. The first kappa shape index (κ1) is 44.4. The third kappa shape index (κ3) is 13.3. The van der Waals surface area contributed by atoms with Gasteiger partial charge in [0.15, 0.2) is 6.23 Å². The van der Waals surface area contributed by atoms with Crippen LogP contribution in [0.2, 0.25) is 0 Å². The molecule has 288 valence electrons. The maximum Gasteiger partial charge on any atom is 0.359 e. The number of nitrogens with one attached hydrogen (secondary N) is 1. The minimum absolute atomic E-state index is 0.0597. The lowest BCUT2D eigenvalue weighted by Crippen LogP contribution is -2.41. The molecule has 1 aliphatic rings. The fraction of sp³-hybridized carbons (Fsp3) is 0.719. The number of carbonyl (C=O) groups excluding carboxylic acids is 2. The first-order valence-electron chi connectivity index (χ1n) is 16.3. The van der Waals surface area contributed by atoms with Crippen molar-refractivity contribution in [1.29, 1.82) is 5.26 Å². The van der Waals surface area contributed by atoms with Gasteiger partial charge in [-0.25, -0.2) is 9.46 Å². The molecule has 19 heteroatoms. The molecule has 0 bridgehead atoms. The molecular formula is C32H52N4O13P2. The van der Waals surface area contributed by atoms with Crippen molar-refractivity contribution in [3.8, 4) is 6.07 Å². The van der Waals surface area contributed by atoms with E-state index in [4.69, 9.17) is 42.3 Å². The number of nitriles is 1. The van der Waals surface area contributed by atoms with Crippen molar-refractivity contribution < 1.29 is 51.2 Å². The molecule has 5 atom stereocenters. The van der Waals surface area contributed by atoms with Crippen LogP contribution >= 0.6 is 16.1 Å². The zero-order valence-corrected chi connectivity index (χ0v) is 32.9. The SMILES string of the molecule is COC1[C@@H](OP(OCCC#N)N(C(C)C)C(C)C)[C@@H](/C=C/P(=O)(OCOC(=O)C(C)(C)C)OCOC(=O)C(C)(C)C)O[C@H]1n1ccc(=O)[nH]c1=O. The number of H-pyrrole nitrogens is 1. The number of methoxy groups -OCH3 is 1. The summed E-state index contributed by atoms with van der Waals surface area (Å²) in [4.78, 5) is 51.6. The van der Waals surface area contributed by atoms with E-state index in [0.717, 1.165) is 16.5 Å². The zero-order valence-electron chi connectivity index (χ0n) is 31.1. The highest BCUT2D eigenvalue weighted by Gasteiger charge is 2.49. The van der Waals surface area contributed by atoms with Gasteiger partial charge in [-0.1, -0.05) is 0 Å². The lowest BCUT2D eigenvalue weighted by molar-refractivity contribution is -0.161. The van der Waals surface area contributed by atoms with Crippen molar-refractivity contribution in [3.63, 3.8) is 0 Å². The van der Waals surface area contributed by atoms with Crippen molar-refractivity contribution in [3.05, 3.63) is 45.0 Å². The van der Waals surface area contributed by atoms with E-state index in [-0.39, 0.29) is 25.1 Å². The largest absolute Gasteiger partial charge is 0.438 e. The number of rotatable bonds is 18. The second-order valence-electron chi connectivity index (χ2n) is 14.1. The van der Waals surface area contributed by atoms with Crippen LogP contribution in [0.25, 0.3) is 0 Å². The Morgan fingerprint density at radius 2 is 1.59 bits per heavy atom. The van der Waals surface area contributed by atoms with E-state index in [0.29, 0.717) is 0 Å². The maximum absolute atomic E-state index is 14.0. The Morgan fingerprint density at radius 3 is 2.04 bits per heavy atom. The van der Waals surface area contributed by atoms with Crippen LogP contribution in [0.1, 0.15) is 81.9 Å². The Kier molecular flexibility index (Phi) is 16.8. The van der Waals surface area contributed by atoms with Crippen molar-refractivity contribution in [2.75, 3.05) is 27.3 Å². The van der Waals surface area contributed by atoms with Crippen LogP contribution in [0, 0.1) is 22.2 Å². The Labute approximate surface area is 300 Å². The van der Waals surface area contributed by atoms with Gasteiger partial charge >= 0.3 is 25.2 Å². The molecule has 1 aliphatic heterocycles. The van der Waals surface area contributed by atoms with Crippen LogP contribution in [0.4, 0.5) is 0 Å². The molecule has 0 aromatic carbocycles. The Bertz CT molecular complexity index is 1500. The lowest BCUT2D eigenvalue weighted by Gasteiger charge is -2.38. The summed E-state index contributed by atoms with van der Waals surface area (Å²) in [5, 5.41) is 9.17. The number of nitrogens with zero attached hydrogens (tertiary/aromatic N) is 3. The molecule has 1 saturated heterocycles. The van der Waals surface area contributed by atoms with E-state index in [2.05, 4.69) is 4.98 Å². The summed E-state index contributed by atoms with van der Waals surface area (Å²) in [6.45, 7) is 16.1. The van der Waals surface area contributed by atoms with Crippen molar-refractivity contribution in [1.82, 2.24) is 14.2 Å². The summed E-state index contributed by atoms with van der Waals surface area (Å²) in [7, 11) is -4.86. The molecule has 2 rings (SSSR count). The molecule has 0 radical (unpaired) electrons. The molecule has 51 heavy (non-hydrogen) atoms. The quantitative estimate of drug-likeness (QED) is 0.0909. The molecule has 1 fully saturated rings. The zero-order chi connectivity index (χ0) is 38.7. The number of ether oxygens (including phenoxy) is 4. The van der Waals surface area contributed by atoms with Gasteiger partial charge in [0, 0.05) is 37.3 Å². The van der Waals surface area contributed by atoms with E-state index in [1.165, 1.54) is 19.4 Å². The Hall–Kier alpha value is -2.77. The fourth-order valence-corrected chi connectivity index (χ4v) is 7.27. The van der Waals surface area contributed by atoms with Gasteiger partial charge in [-0.2, -0.15) is 5.26 Å². The molecule has 2 unspecified atom stereocenters. The van der Waals surface area contributed by atoms with E-state index in [1.807, 2.05) is 38.4 Å². The molecule has 2 heterocycles. The van der Waals surface area contributed by atoms with E-state index < -0.39 is 88.3 Å². The van der Waals surface area contributed by atoms with E-state index in [1.54, 1.807) is 41.5 Å². The maximum atomic E-state index is 14.0. The summed E-state index contributed by atoms with van der Waals surface area (Å²) in [6, 6.07) is 3.05. The third-order valence-corrected chi connectivity index (χ3v) is 10.6. The van der Waals surface area contributed by atoms with Crippen LogP contribution in [0.5, 0.6) is 0 Å². The number of aromatic amines is 1. The monoisotopic (exact) mass is 762 g/mol. The van der Waals surface area contributed by atoms with Gasteiger partial charge in [0.25, 0.3) is 14.1 Å². The van der Waals surface area contributed by atoms with Crippen LogP contribution in [0.3, 0.4) is 0 Å². The van der Waals surface area contributed by atoms with Gasteiger partial charge in [0.1, 0.15) is 18.3 Å². The van der Waals surface area contributed by atoms with Crippen LogP contribution in [-0.2, 0) is 51.2 Å². The molecule has 17 nitrogen and oxygen atoms in total. The minimum atomic E-state index is -4.36. The fourth-order valence-electron chi connectivity index (χ4n) is 4.49. The standard InChI is InChI=1S/C32H52N4O13P2/c1-21(2)36(22(3)4)50(45-17-12-15-33)49-25-23(48-27(26(25)42-11)35-16-13-24(37)34-30(35)40)14-18-51(41,46-19-43-28(38)31(5,6)7)47-20-44-29(39)32(8,9)10/h13-14,16,18,21-23,25-27H,12,17,19-20H2,1-11H3,(H,34,37,40)/b18-14+/t23-,25+,26?,27-,50?/m1/s1. The minimum Gasteiger partial charge on any atom is -0.438 e. The number of aromatic nitrogens is 2. The third-order valence-electron chi connectivity index (χ3n) is 7.03. The highest BCUT2D eigenvalue weighted by atomic mass is 31.2. The molecule has 0 amide bonds. The second kappa shape index (κ2) is 19.3. The van der Waals surface area contributed by atoms with Crippen LogP contribution in [-0.4, -0.2) is 83.9 Å². The molecule has 0 spiro atoms. The molecular weight excluding hydrogens is 710 g/mol. The highest BCUT2D eigenvalue weighted by Crippen LogP contribution is 2.53. The van der Waals surface area contributed by atoms with Crippen molar-refractivity contribution in [2.24, 2.45) is 10.8 Å². The normalized spacial score (nSPS) is 20.6. The van der Waals surface area contributed by atoms with Crippen LogP contribution < -0.4 is 11.2 Å². The second-order valence-corrected chi connectivity index (χ2v) is 17.4. The number of hydrogen-bond acceptors (Lipinski definition) is 15. The first-order valence-corrected chi connectivity index (χ1v) is 19.1. The summed E-state index contributed by atoms with van der Waals surface area (Å²) in [6.07, 6.45) is -1.70. The number of esters is 2. The van der Waals surface area contributed by atoms with Gasteiger partial charge in [-0.3, -0.25) is 37.5 Å². The summed E-state index contributed by atoms with van der Waals surface area (Å²) >= 11 is 0. The van der Waals surface area contributed by atoms with Gasteiger partial charge in [-0.05, 0) is 75.3 Å². The summed E-state index contributed by atoms with van der Waals surface area (Å²) in [5.74, 6) is -0.228. The van der Waals surface area contributed by atoms with Crippen LogP contribution in [0.15, 0.2) is 33.7 Å². The Morgan fingerprint density at radius 1 is 1.04 bits per heavy atom. The summed E-state index contributed by atoms with van der Waals surface area (Å²) < 4.78 is 63.0. The smallest absolute Gasteiger partial charge is 0.359 e.